The van der Waals surface area contributed by atoms with Crippen LogP contribution in [-0.4, -0.2) is 29.5 Å². The second kappa shape index (κ2) is 4.81. The number of carbonyl (C=O) groups is 1. The molecular weight excluding hydrogens is 202 g/mol. The molecule has 14 heavy (non-hydrogen) atoms. The maximum Gasteiger partial charge on any atom is 0.321 e. The molecule has 1 heterocycles. The van der Waals surface area contributed by atoms with E-state index in [1.165, 1.54) is 6.20 Å². The van der Waals surface area contributed by atoms with Crippen molar-refractivity contribution in [2.45, 2.75) is 6.92 Å². The van der Waals surface area contributed by atoms with Gasteiger partial charge in [-0.25, -0.2) is 9.78 Å². The van der Waals surface area contributed by atoms with Gasteiger partial charge >= 0.3 is 6.03 Å². The van der Waals surface area contributed by atoms with Crippen molar-refractivity contribution >= 4 is 23.3 Å². The van der Waals surface area contributed by atoms with Gasteiger partial charge in [0.2, 0.25) is 0 Å². The van der Waals surface area contributed by atoms with Crippen molar-refractivity contribution in [2.75, 3.05) is 18.9 Å². The summed E-state index contributed by atoms with van der Waals surface area (Å²) in [7, 11) is 1.72. The molecule has 0 radical (unpaired) electrons. The number of amides is 2. The van der Waals surface area contributed by atoms with Crippen molar-refractivity contribution in [3.8, 4) is 0 Å². The van der Waals surface area contributed by atoms with E-state index < -0.39 is 0 Å². The van der Waals surface area contributed by atoms with Gasteiger partial charge in [-0.1, -0.05) is 11.6 Å². The molecule has 0 aliphatic rings. The summed E-state index contributed by atoms with van der Waals surface area (Å²) in [6, 6.07) is 3.18. The molecule has 0 spiro atoms. The second-order valence-corrected chi connectivity index (χ2v) is 3.20. The summed E-state index contributed by atoms with van der Waals surface area (Å²) in [5.74, 6) is 0. The predicted molar refractivity (Wildman–Crippen MR) is 56.6 cm³/mol. The molecule has 1 rings (SSSR count). The van der Waals surface area contributed by atoms with Crippen LogP contribution in [0.3, 0.4) is 0 Å². The molecule has 0 fully saturated rings. The third kappa shape index (κ3) is 2.88. The lowest BCUT2D eigenvalue weighted by Gasteiger charge is -2.15. The number of urea groups is 1. The van der Waals surface area contributed by atoms with Crippen molar-refractivity contribution in [3.63, 3.8) is 0 Å². The Morgan fingerprint density at radius 3 is 2.86 bits per heavy atom. The maximum absolute atomic E-state index is 11.4. The number of nitrogens with zero attached hydrogens (tertiary/aromatic N) is 2. The zero-order valence-corrected chi connectivity index (χ0v) is 8.88. The van der Waals surface area contributed by atoms with Gasteiger partial charge in [-0.2, -0.15) is 0 Å². The molecule has 0 atom stereocenters. The Kier molecular flexibility index (Phi) is 3.71. The number of pyridine rings is 1. The average Bonchev–Trinajstić information content (AvgIpc) is 2.20. The number of halogens is 1. The van der Waals surface area contributed by atoms with Crippen molar-refractivity contribution < 1.29 is 4.79 Å². The average molecular weight is 214 g/mol. The van der Waals surface area contributed by atoms with E-state index in [0.29, 0.717) is 17.4 Å². The van der Waals surface area contributed by atoms with Crippen molar-refractivity contribution in [1.29, 1.82) is 0 Å². The largest absolute Gasteiger partial charge is 0.328 e. The fourth-order valence-corrected chi connectivity index (χ4v) is 0.924. The van der Waals surface area contributed by atoms with Gasteiger partial charge in [0, 0.05) is 13.6 Å². The molecule has 0 unspecified atom stereocenters. The standard InChI is InChI=1S/C9H12ClN3O/c1-3-13(2)9(14)12-7-4-5-8(10)11-6-7/h4-6H,3H2,1-2H3,(H,12,14). The molecule has 0 aromatic carbocycles. The maximum atomic E-state index is 11.4. The molecular formula is C9H12ClN3O. The van der Waals surface area contributed by atoms with Crippen LogP contribution in [-0.2, 0) is 0 Å². The van der Waals surface area contributed by atoms with E-state index in [1.807, 2.05) is 6.92 Å². The molecule has 4 nitrogen and oxygen atoms in total. The van der Waals surface area contributed by atoms with Gasteiger partial charge < -0.3 is 10.2 Å². The number of carbonyl (C=O) groups excluding carboxylic acids is 1. The van der Waals surface area contributed by atoms with Crippen LogP contribution in [0.15, 0.2) is 18.3 Å². The molecule has 1 aromatic rings. The van der Waals surface area contributed by atoms with Crippen LogP contribution in [0.2, 0.25) is 5.15 Å². The van der Waals surface area contributed by atoms with Crippen molar-refractivity contribution in [2.24, 2.45) is 0 Å². The van der Waals surface area contributed by atoms with Crippen LogP contribution in [0, 0.1) is 0 Å². The van der Waals surface area contributed by atoms with Gasteiger partial charge in [-0.15, -0.1) is 0 Å². The van der Waals surface area contributed by atoms with E-state index in [9.17, 15) is 4.79 Å². The first kappa shape index (κ1) is 10.8. The molecule has 5 heteroatoms. The summed E-state index contributed by atoms with van der Waals surface area (Å²) in [4.78, 5) is 16.8. The predicted octanol–water partition coefficient (Wildman–Crippen LogP) is 2.22. The van der Waals surface area contributed by atoms with Gasteiger partial charge in [0.1, 0.15) is 5.15 Å². The lowest BCUT2D eigenvalue weighted by molar-refractivity contribution is 0.224. The van der Waals surface area contributed by atoms with Crippen LogP contribution < -0.4 is 5.32 Å². The summed E-state index contributed by atoms with van der Waals surface area (Å²) in [6.45, 7) is 2.56. The molecule has 1 aromatic heterocycles. The van der Waals surface area contributed by atoms with Gasteiger partial charge in [-0.3, -0.25) is 0 Å². The summed E-state index contributed by atoms with van der Waals surface area (Å²) < 4.78 is 0. The van der Waals surface area contributed by atoms with E-state index in [2.05, 4.69) is 10.3 Å². The Hall–Kier alpha value is -1.29. The molecule has 76 valence electrons. The highest BCUT2D eigenvalue weighted by atomic mass is 35.5. The van der Waals surface area contributed by atoms with E-state index in [-0.39, 0.29) is 6.03 Å². The fourth-order valence-electron chi connectivity index (χ4n) is 0.812. The van der Waals surface area contributed by atoms with Gasteiger partial charge in [0.15, 0.2) is 0 Å². The lowest BCUT2D eigenvalue weighted by atomic mass is 10.4. The highest BCUT2D eigenvalue weighted by Gasteiger charge is 2.05. The Morgan fingerprint density at radius 1 is 1.64 bits per heavy atom. The first-order chi connectivity index (χ1) is 6.63. The van der Waals surface area contributed by atoms with E-state index >= 15 is 0 Å². The summed E-state index contributed by atoms with van der Waals surface area (Å²) in [6.07, 6.45) is 1.52. The minimum Gasteiger partial charge on any atom is -0.328 e. The third-order valence-corrected chi connectivity index (χ3v) is 2.02. The minimum absolute atomic E-state index is 0.156. The van der Waals surface area contributed by atoms with Crippen LogP contribution in [0.4, 0.5) is 10.5 Å². The smallest absolute Gasteiger partial charge is 0.321 e. The van der Waals surface area contributed by atoms with Crippen molar-refractivity contribution in [1.82, 2.24) is 9.88 Å². The number of hydrogen-bond acceptors (Lipinski definition) is 2. The summed E-state index contributed by atoms with van der Waals surface area (Å²) in [5, 5.41) is 3.09. The number of hydrogen-bond donors (Lipinski definition) is 1. The lowest BCUT2D eigenvalue weighted by Crippen LogP contribution is -2.30. The number of nitrogens with one attached hydrogen (secondary N) is 1. The Bertz CT molecular complexity index is 312. The number of rotatable bonds is 2. The Labute approximate surface area is 87.9 Å². The SMILES string of the molecule is CCN(C)C(=O)Nc1ccc(Cl)nc1. The zero-order chi connectivity index (χ0) is 10.6. The molecule has 0 aliphatic heterocycles. The van der Waals surface area contributed by atoms with Crippen LogP contribution in [0.1, 0.15) is 6.92 Å². The molecule has 0 saturated heterocycles. The van der Waals surface area contributed by atoms with Crippen molar-refractivity contribution in [3.05, 3.63) is 23.5 Å². The first-order valence-electron chi connectivity index (χ1n) is 4.27. The normalized spacial score (nSPS) is 9.64. The Balaban J connectivity index is 2.60. The monoisotopic (exact) mass is 213 g/mol. The Morgan fingerprint density at radius 2 is 2.36 bits per heavy atom. The van der Waals surface area contributed by atoms with Crippen LogP contribution >= 0.6 is 11.6 Å². The van der Waals surface area contributed by atoms with E-state index in [4.69, 9.17) is 11.6 Å². The molecule has 0 aliphatic carbocycles. The van der Waals surface area contributed by atoms with E-state index in [1.54, 1.807) is 24.1 Å². The minimum atomic E-state index is -0.156. The van der Waals surface area contributed by atoms with E-state index in [0.717, 1.165) is 0 Å². The third-order valence-electron chi connectivity index (χ3n) is 1.80. The molecule has 1 N–H and O–H groups in total. The van der Waals surface area contributed by atoms with Crippen LogP contribution in [0.5, 0.6) is 0 Å². The topological polar surface area (TPSA) is 45.2 Å². The summed E-state index contributed by atoms with van der Waals surface area (Å²) in [5.41, 5.74) is 0.639. The van der Waals surface area contributed by atoms with Gasteiger partial charge in [-0.05, 0) is 19.1 Å². The van der Waals surface area contributed by atoms with Crippen LogP contribution in [0.25, 0.3) is 0 Å². The van der Waals surface area contributed by atoms with Gasteiger partial charge in [0.25, 0.3) is 0 Å². The molecule has 0 bridgehead atoms. The first-order valence-corrected chi connectivity index (χ1v) is 4.65. The quantitative estimate of drug-likeness (QED) is 0.766. The molecule has 2 amide bonds. The van der Waals surface area contributed by atoms with Gasteiger partial charge in [0.05, 0.1) is 11.9 Å². The summed E-state index contributed by atoms with van der Waals surface area (Å²) >= 11 is 5.60. The highest BCUT2D eigenvalue weighted by Crippen LogP contribution is 2.09. The zero-order valence-electron chi connectivity index (χ0n) is 8.12. The number of aromatic nitrogens is 1. The number of anilines is 1. The second-order valence-electron chi connectivity index (χ2n) is 2.81. The fraction of sp³-hybridized carbons (Fsp3) is 0.333. The highest BCUT2D eigenvalue weighted by molar-refractivity contribution is 6.29. The molecule has 0 saturated carbocycles.